The first-order chi connectivity index (χ1) is 12.9. The Kier molecular flexibility index (Phi) is 5.49. The molecule has 7 heteroatoms. The number of hydrogen-bond acceptors (Lipinski definition) is 3. The van der Waals surface area contributed by atoms with Crippen LogP contribution < -0.4 is 5.32 Å². The molecule has 1 amide bonds. The monoisotopic (exact) mass is 371 g/mol. The van der Waals surface area contributed by atoms with Crippen LogP contribution in [0, 0.1) is 0 Å². The molecule has 0 unspecified atom stereocenters. The van der Waals surface area contributed by atoms with Crippen LogP contribution in [0.4, 0.5) is 13.2 Å². The lowest BCUT2D eigenvalue weighted by molar-refractivity contribution is -0.137. The van der Waals surface area contributed by atoms with Crippen LogP contribution in [0.1, 0.15) is 16.7 Å². The highest BCUT2D eigenvalue weighted by Gasteiger charge is 2.29. The highest BCUT2D eigenvalue weighted by molar-refractivity contribution is 5.78. The van der Waals surface area contributed by atoms with E-state index in [1.54, 1.807) is 24.7 Å². The van der Waals surface area contributed by atoms with E-state index in [-0.39, 0.29) is 18.9 Å². The van der Waals surface area contributed by atoms with Gasteiger partial charge < -0.3 is 5.32 Å². The largest absolute Gasteiger partial charge is 0.416 e. The number of halogens is 3. The van der Waals surface area contributed by atoms with Crippen LogP contribution in [0.2, 0.25) is 0 Å². The van der Waals surface area contributed by atoms with Crippen molar-refractivity contribution in [3.8, 4) is 11.3 Å². The van der Waals surface area contributed by atoms with Gasteiger partial charge in [0.15, 0.2) is 0 Å². The van der Waals surface area contributed by atoms with E-state index in [4.69, 9.17) is 0 Å². The number of aromatic nitrogens is 2. The molecule has 138 valence electrons. The van der Waals surface area contributed by atoms with Crippen LogP contribution in [0.3, 0.4) is 0 Å². The third kappa shape index (κ3) is 4.91. The summed E-state index contributed by atoms with van der Waals surface area (Å²) in [5.41, 5.74) is 2.25. The van der Waals surface area contributed by atoms with Crippen LogP contribution in [0.25, 0.3) is 11.3 Å². The van der Waals surface area contributed by atoms with Crippen molar-refractivity contribution in [2.75, 3.05) is 0 Å². The summed E-state index contributed by atoms with van der Waals surface area (Å²) in [7, 11) is 0. The molecular formula is C20H16F3N3O. The highest BCUT2D eigenvalue weighted by atomic mass is 19.4. The van der Waals surface area contributed by atoms with Crippen molar-refractivity contribution in [1.29, 1.82) is 0 Å². The van der Waals surface area contributed by atoms with Gasteiger partial charge in [-0.05, 0) is 41.5 Å². The molecule has 3 rings (SSSR count). The molecule has 0 aliphatic heterocycles. The van der Waals surface area contributed by atoms with Gasteiger partial charge in [-0.25, -0.2) is 0 Å². The number of carbonyl (C=O) groups excluding carboxylic acids is 1. The molecule has 0 radical (unpaired) electrons. The number of benzene rings is 1. The average Bonchev–Trinajstić information content (AvgIpc) is 2.67. The summed E-state index contributed by atoms with van der Waals surface area (Å²) in [5, 5.41) is 2.79. The Morgan fingerprint density at radius 2 is 1.67 bits per heavy atom. The molecule has 4 nitrogen and oxygen atoms in total. The second-order valence-electron chi connectivity index (χ2n) is 5.90. The van der Waals surface area contributed by atoms with E-state index in [0.717, 1.165) is 29.0 Å². The van der Waals surface area contributed by atoms with Crippen molar-refractivity contribution in [2.45, 2.75) is 19.1 Å². The van der Waals surface area contributed by atoms with Gasteiger partial charge in [-0.3, -0.25) is 14.8 Å². The minimum atomic E-state index is -4.38. The zero-order valence-electron chi connectivity index (χ0n) is 14.2. The number of hydrogen-bond donors (Lipinski definition) is 1. The molecule has 2 aromatic heterocycles. The van der Waals surface area contributed by atoms with Crippen molar-refractivity contribution in [2.24, 2.45) is 0 Å². The van der Waals surface area contributed by atoms with Crippen LogP contribution in [0.5, 0.6) is 0 Å². The van der Waals surface area contributed by atoms with Crippen molar-refractivity contribution in [1.82, 2.24) is 15.3 Å². The fourth-order valence-electron chi connectivity index (χ4n) is 2.60. The Morgan fingerprint density at radius 3 is 2.33 bits per heavy atom. The standard InChI is InChI=1S/C20H16F3N3O/c21-20(22,23)17-5-3-14(4-6-17)12-18(27)26-13-16-2-1-9-25-19(16)15-7-10-24-11-8-15/h1-11H,12-13H2,(H,26,27). The van der Waals surface area contributed by atoms with E-state index in [2.05, 4.69) is 15.3 Å². The summed E-state index contributed by atoms with van der Waals surface area (Å²) in [6, 6.07) is 11.9. The molecule has 0 atom stereocenters. The topological polar surface area (TPSA) is 54.9 Å². The molecule has 0 saturated heterocycles. The Labute approximate surface area is 154 Å². The summed E-state index contributed by atoms with van der Waals surface area (Å²) in [6.07, 6.45) is 0.616. The molecule has 0 aliphatic rings. The summed E-state index contributed by atoms with van der Waals surface area (Å²) >= 11 is 0. The second-order valence-corrected chi connectivity index (χ2v) is 5.90. The number of amides is 1. The zero-order chi connectivity index (χ0) is 19.3. The average molecular weight is 371 g/mol. The van der Waals surface area contributed by atoms with Crippen LogP contribution in [-0.2, 0) is 23.9 Å². The lowest BCUT2D eigenvalue weighted by atomic mass is 10.1. The van der Waals surface area contributed by atoms with Gasteiger partial charge in [-0.2, -0.15) is 13.2 Å². The maximum absolute atomic E-state index is 12.6. The van der Waals surface area contributed by atoms with Gasteiger partial charge in [0.25, 0.3) is 0 Å². The van der Waals surface area contributed by atoms with Crippen LogP contribution in [0.15, 0.2) is 67.1 Å². The molecule has 1 N–H and O–H groups in total. The van der Waals surface area contributed by atoms with Crippen LogP contribution >= 0.6 is 0 Å². The highest BCUT2D eigenvalue weighted by Crippen LogP contribution is 2.29. The summed E-state index contributed by atoms with van der Waals surface area (Å²) in [4.78, 5) is 20.5. The van der Waals surface area contributed by atoms with Gasteiger partial charge in [0, 0.05) is 30.7 Å². The van der Waals surface area contributed by atoms with Crippen molar-refractivity contribution < 1.29 is 18.0 Å². The SMILES string of the molecule is O=C(Cc1ccc(C(F)(F)F)cc1)NCc1cccnc1-c1ccncc1. The second kappa shape index (κ2) is 7.99. The van der Waals surface area contributed by atoms with E-state index >= 15 is 0 Å². The number of alkyl halides is 3. The maximum atomic E-state index is 12.6. The smallest absolute Gasteiger partial charge is 0.352 e. The summed E-state index contributed by atoms with van der Waals surface area (Å²) in [6.45, 7) is 0.269. The molecule has 0 aliphatic carbocycles. The molecule has 0 saturated carbocycles. The Bertz CT molecular complexity index is 910. The molecule has 0 fully saturated rings. The van der Waals surface area contributed by atoms with Crippen LogP contribution in [-0.4, -0.2) is 15.9 Å². The Balaban J connectivity index is 1.63. The van der Waals surface area contributed by atoms with Gasteiger partial charge in [0.2, 0.25) is 5.91 Å². The first kappa shape index (κ1) is 18.6. The van der Waals surface area contributed by atoms with E-state index < -0.39 is 11.7 Å². The molecule has 27 heavy (non-hydrogen) atoms. The van der Waals surface area contributed by atoms with Crippen molar-refractivity contribution in [3.63, 3.8) is 0 Å². The molecule has 3 aromatic rings. The summed E-state index contributed by atoms with van der Waals surface area (Å²) < 4.78 is 37.7. The molecule has 2 heterocycles. The zero-order valence-corrected chi connectivity index (χ0v) is 14.2. The van der Waals surface area contributed by atoms with E-state index in [0.29, 0.717) is 5.56 Å². The first-order valence-corrected chi connectivity index (χ1v) is 8.20. The predicted molar refractivity (Wildman–Crippen MR) is 94.5 cm³/mol. The van der Waals surface area contributed by atoms with Gasteiger partial charge in [0.05, 0.1) is 17.7 Å². The molecule has 0 spiro atoms. The van der Waals surface area contributed by atoms with Crippen molar-refractivity contribution >= 4 is 5.91 Å². The lowest BCUT2D eigenvalue weighted by Crippen LogP contribution is -2.25. The molecular weight excluding hydrogens is 355 g/mol. The number of pyridine rings is 2. The lowest BCUT2D eigenvalue weighted by Gasteiger charge is -2.10. The third-order valence-electron chi connectivity index (χ3n) is 3.97. The van der Waals surface area contributed by atoms with Gasteiger partial charge in [0.1, 0.15) is 0 Å². The number of nitrogens with zero attached hydrogens (tertiary/aromatic N) is 2. The minimum absolute atomic E-state index is 0.00297. The van der Waals surface area contributed by atoms with E-state index in [9.17, 15) is 18.0 Å². The fraction of sp³-hybridized carbons (Fsp3) is 0.150. The van der Waals surface area contributed by atoms with Gasteiger partial charge in [-0.1, -0.05) is 18.2 Å². The Hall–Kier alpha value is -3.22. The minimum Gasteiger partial charge on any atom is -0.352 e. The maximum Gasteiger partial charge on any atom is 0.416 e. The fourth-order valence-corrected chi connectivity index (χ4v) is 2.60. The van der Waals surface area contributed by atoms with Gasteiger partial charge >= 0.3 is 6.18 Å². The molecule has 1 aromatic carbocycles. The normalized spacial score (nSPS) is 11.2. The first-order valence-electron chi connectivity index (χ1n) is 8.20. The third-order valence-corrected chi connectivity index (χ3v) is 3.97. The number of nitrogens with one attached hydrogen (secondary N) is 1. The predicted octanol–water partition coefficient (Wildman–Crippen LogP) is 4.02. The quantitative estimate of drug-likeness (QED) is 0.737. The Morgan fingerprint density at radius 1 is 0.963 bits per heavy atom. The number of carbonyl (C=O) groups is 1. The number of rotatable bonds is 5. The van der Waals surface area contributed by atoms with E-state index in [1.807, 2.05) is 18.2 Å². The molecule has 0 bridgehead atoms. The van der Waals surface area contributed by atoms with E-state index in [1.165, 1.54) is 12.1 Å². The van der Waals surface area contributed by atoms with Crippen molar-refractivity contribution in [3.05, 3.63) is 83.8 Å². The summed E-state index contributed by atoms with van der Waals surface area (Å²) in [5.74, 6) is -0.278. The van der Waals surface area contributed by atoms with Gasteiger partial charge in [-0.15, -0.1) is 0 Å².